The lowest BCUT2D eigenvalue weighted by Gasteiger charge is -2.15. The molecule has 11 nitrogen and oxygen atoms in total. The molecule has 3 amide bonds. The minimum Gasteiger partial charge on any atom is -0.478 e. The van der Waals surface area contributed by atoms with Crippen LogP contribution in [0, 0.1) is 0 Å². The van der Waals surface area contributed by atoms with Crippen molar-refractivity contribution in [3.05, 3.63) is 108 Å². The molecule has 5 aromatic rings. The second-order valence-electron chi connectivity index (χ2n) is 9.76. The first kappa shape index (κ1) is 28.4. The molecular formula is C32H21N3O8S. The van der Waals surface area contributed by atoms with Gasteiger partial charge in [0.15, 0.2) is 5.58 Å². The zero-order valence-electron chi connectivity index (χ0n) is 22.6. The standard InChI is InChI=1S/C32H21N3O8S/c36-27-16-26(30(38)35(27)20-10-5-17(6-11-20)29-34-24-3-1-2-4-25(24)43-29)44-21-12-8-19(9-13-21)33-28(37)22-14-7-18(31(39)40)15-23(22)32(41)42/h1-15,26H,16H2,(H,33,37)(H,39,40)(H,41,42). The van der Waals surface area contributed by atoms with Crippen LogP contribution in [-0.4, -0.2) is 50.1 Å². The Hall–Kier alpha value is -5.75. The lowest BCUT2D eigenvalue weighted by Crippen LogP contribution is -2.31. The van der Waals surface area contributed by atoms with Gasteiger partial charge in [-0.2, -0.15) is 0 Å². The SMILES string of the molecule is O=C(O)c1ccc(C(=O)Nc2ccc(SC3CC(=O)N(c4ccc(-c5nc6ccccc6o5)cc4)C3=O)cc2)c(C(=O)O)c1. The monoisotopic (exact) mass is 607 g/mol. The number of benzene rings is 4. The fraction of sp³-hybridized carbons (Fsp3) is 0.0625. The van der Waals surface area contributed by atoms with Crippen LogP contribution in [0.1, 0.15) is 37.5 Å². The lowest BCUT2D eigenvalue weighted by atomic mass is 10.0. The predicted octanol–water partition coefficient (Wildman–Crippen LogP) is 5.57. The predicted molar refractivity (Wildman–Crippen MR) is 161 cm³/mol. The topological polar surface area (TPSA) is 167 Å². The number of carbonyl (C=O) groups is 5. The van der Waals surface area contributed by atoms with Crippen molar-refractivity contribution in [1.82, 2.24) is 4.98 Å². The van der Waals surface area contributed by atoms with E-state index in [4.69, 9.17) is 9.52 Å². The molecule has 12 heteroatoms. The van der Waals surface area contributed by atoms with Crippen LogP contribution in [-0.2, 0) is 9.59 Å². The Balaban J connectivity index is 1.11. The van der Waals surface area contributed by atoms with Gasteiger partial charge in [-0.15, -0.1) is 11.8 Å². The van der Waals surface area contributed by atoms with Crippen LogP contribution in [0.4, 0.5) is 11.4 Å². The van der Waals surface area contributed by atoms with Gasteiger partial charge in [0.1, 0.15) is 5.52 Å². The van der Waals surface area contributed by atoms with Crippen LogP contribution >= 0.6 is 11.8 Å². The number of hydrogen-bond acceptors (Lipinski definition) is 8. The molecule has 1 atom stereocenters. The molecule has 6 rings (SSSR count). The van der Waals surface area contributed by atoms with E-state index in [1.807, 2.05) is 24.3 Å². The summed E-state index contributed by atoms with van der Waals surface area (Å²) in [6.45, 7) is 0. The molecular weight excluding hydrogens is 586 g/mol. The van der Waals surface area contributed by atoms with Gasteiger partial charge in [-0.1, -0.05) is 12.1 Å². The quantitative estimate of drug-likeness (QED) is 0.190. The third-order valence-electron chi connectivity index (χ3n) is 6.90. The molecule has 1 aromatic heterocycles. The molecule has 44 heavy (non-hydrogen) atoms. The van der Waals surface area contributed by atoms with Crippen LogP contribution in [0.2, 0.25) is 0 Å². The van der Waals surface area contributed by atoms with Gasteiger partial charge in [-0.3, -0.25) is 14.4 Å². The summed E-state index contributed by atoms with van der Waals surface area (Å²) >= 11 is 1.22. The van der Waals surface area contributed by atoms with E-state index >= 15 is 0 Å². The van der Waals surface area contributed by atoms with Gasteiger partial charge in [-0.05, 0) is 78.9 Å². The van der Waals surface area contributed by atoms with Crippen molar-refractivity contribution >= 4 is 63.9 Å². The van der Waals surface area contributed by atoms with E-state index in [1.165, 1.54) is 11.8 Å². The van der Waals surface area contributed by atoms with Crippen LogP contribution in [0.15, 0.2) is 100 Å². The van der Waals surface area contributed by atoms with E-state index in [2.05, 4.69) is 10.3 Å². The molecule has 1 aliphatic heterocycles. The van der Waals surface area contributed by atoms with Gasteiger partial charge >= 0.3 is 11.9 Å². The van der Waals surface area contributed by atoms with Crippen molar-refractivity contribution in [2.75, 3.05) is 10.2 Å². The molecule has 0 aliphatic carbocycles. The second-order valence-corrected chi connectivity index (χ2v) is 11.0. The van der Waals surface area contributed by atoms with Crippen LogP contribution in [0.5, 0.6) is 0 Å². The molecule has 1 saturated heterocycles. The fourth-order valence-electron chi connectivity index (χ4n) is 4.75. The number of para-hydroxylation sites is 2. The molecule has 0 bridgehead atoms. The van der Waals surface area contributed by atoms with Crippen molar-refractivity contribution in [3.63, 3.8) is 0 Å². The highest BCUT2D eigenvalue weighted by atomic mass is 32.2. The summed E-state index contributed by atoms with van der Waals surface area (Å²) < 4.78 is 5.80. The van der Waals surface area contributed by atoms with Crippen molar-refractivity contribution in [2.45, 2.75) is 16.6 Å². The molecule has 1 fully saturated rings. The number of carboxylic acid groups (broad SMARTS) is 2. The summed E-state index contributed by atoms with van der Waals surface area (Å²) in [4.78, 5) is 67.9. The van der Waals surface area contributed by atoms with Gasteiger partial charge in [-0.25, -0.2) is 19.5 Å². The average Bonchev–Trinajstić information content (AvgIpc) is 3.57. The van der Waals surface area contributed by atoms with E-state index in [1.54, 1.807) is 48.5 Å². The Labute approximate surface area is 253 Å². The largest absolute Gasteiger partial charge is 0.478 e. The fourth-order valence-corrected chi connectivity index (χ4v) is 5.80. The van der Waals surface area contributed by atoms with Crippen LogP contribution in [0.25, 0.3) is 22.6 Å². The molecule has 3 N–H and O–H groups in total. The Kier molecular flexibility index (Phi) is 7.41. The summed E-state index contributed by atoms with van der Waals surface area (Å²) in [5.41, 5.74) is 2.00. The van der Waals surface area contributed by atoms with Gasteiger partial charge < -0.3 is 19.9 Å². The van der Waals surface area contributed by atoms with Crippen LogP contribution < -0.4 is 10.2 Å². The number of imide groups is 1. The number of aromatic nitrogens is 1. The van der Waals surface area contributed by atoms with E-state index < -0.39 is 28.7 Å². The summed E-state index contributed by atoms with van der Waals surface area (Å²) in [6, 6.07) is 24.0. The number of amides is 3. The Bertz CT molecular complexity index is 1940. The van der Waals surface area contributed by atoms with Gasteiger partial charge in [0.05, 0.1) is 27.6 Å². The maximum atomic E-state index is 13.2. The highest BCUT2D eigenvalue weighted by Gasteiger charge is 2.40. The van der Waals surface area contributed by atoms with Gasteiger partial charge in [0.25, 0.3) is 5.91 Å². The molecule has 1 unspecified atom stereocenters. The Morgan fingerprint density at radius 2 is 1.59 bits per heavy atom. The van der Waals surface area contributed by atoms with E-state index in [0.29, 0.717) is 33.3 Å². The number of hydrogen-bond donors (Lipinski definition) is 3. The summed E-state index contributed by atoms with van der Waals surface area (Å²) in [5.74, 6) is -3.72. The van der Waals surface area contributed by atoms with E-state index in [0.717, 1.165) is 28.6 Å². The number of rotatable bonds is 8. The van der Waals surface area contributed by atoms with Crippen LogP contribution in [0.3, 0.4) is 0 Å². The average molecular weight is 608 g/mol. The number of thioether (sulfide) groups is 1. The third kappa shape index (κ3) is 5.53. The van der Waals surface area contributed by atoms with Gasteiger partial charge in [0.2, 0.25) is 17.7 Å². The first-order chi connectivity index (χ1) is 21.2. The maximum Gasteiger partial charge on any atom is 0.336 e. The van der Waals surface area contributed by atoms with Gasteiger partial charge in [0, 0.05) is 22.6 Å². The van der Waals surface area contributed by atoms with Crippen molar-refractivity contribution in [1.29, 1.82) is 0 Å². The first-order valence-electron chi connectivity index (χ1n) is 13.2. The number of aromatic carboxylic acids is 2. The number of fused-ring (bicyclic) bond motifs is 1. The Morgan fingerprint density at radius 3 is 2.27 bits per heavy atom. The zero-order valence-corrected chi connectivity index (χ0v) is 23.4. The molecule has 4 aromatic carbocycles. The minimum atomic E-state index is -1.44. The van der Waals surface area contributed by atoms with E-state index in [-0.39, 0.29) is 29.4 Å². The number of carboxylic acids is 2. The molecule has 0 saturated carbocycles. The molecule has 0 spiro atoms. The molecule has 2 heterocycles. The molecule has 218 valence electrons. The Morgan fingerprint density at radius 1 is 0.864 bits per heavy atom. The number of carbonyl (C=O) groups excluding carboxylic acids is 3. The lowest BCUT2D eigenvalue weighted by molar-refractivity contribution is -0.121. The maximum absolute atomic E-state index is 13.2. The molecule has 1 aliphatic rings. The normalized spacial score (nSPS) is 14.6. The van der Waals surface area contributed by atoms with E-state index in [9.17, 15) is 29.1 Å². The van der Waals surface area contributed by atoms with Crippen molar-refractivity contribution in [2.24, 2.45) is 0 Å². The second kappa shape index (κ2) is 11.5. The number of nitrogens with zero attached hydrogens (tertiary/aromatic N) is 2. The minimum absolute atomic E-state index is 0.0131. The molecule has 0 radical (unpaired) electrons. The summed E-state index contributed by atoms with van der Waals surface area (Å²) in [5, 5.41) is 20.5. The highest BCUT2D eigenvalue weighted by Crippen LogP contribution is 2.35. The summed E-state index contributed by atoms with van der Waals surface area (Å²) in [6.07, 6.45) is 0.0131. The van der Waals surface area contributed by atoms with Crippen molar-refractivity contribution in [3.8, 4) is 11.5 Å². The highest BCUT2D eigenvalue weighted by molar-refractivity contribution is 8.00. The summed E-state index contributed by atoms with van der Waals surface area (Å²) in [7, 11) is 0. The number of oxazole rings is 1. The zero-order chi connectivity index (χ0) is 31.0. The third-order valence-corrected chi connectivity index (χ3v) is 8.10. The first-order valence-corrected chi connectivity index (χ1v) is 14.1. The number of anilines is 2. The number of nitrogens with one attached hydrogen (secondary N) is 1. The van der Waals surface area contributed by atoms with Crippen molar-refractivity contribution < 1.29 is 38.6 Å². The smallest absolute Gasteiger partial charge is 0.336 e.